The van der Waals surface area contributed by atoms with E-state index in [0.29, 0.717) is 27.7 Å². The number of halogens is 2. The fourth-order valence-electron chi connectivity index (χ4n) is 3.45. The van der Waals surface area contributed by atoms with Gasteiger partial charge in [0, 0.05) is 16.1 Å². The molecule has 0 bridgehead atoms. The Hall–Kier alpha value is -3.45. The molecule has 1 atom stereocenters. The zero-order chi connectivity index (χ0) is 25.5. The number of hydrogen-bond donors (Lipinski definition) is 2. The van der Waals surface area contributed by atoms with Gasteiger partial charge in [-0.15, -0.1) is 11.8 Å². The largest absolute Gasteiger partial charge is 0.497 e. The lowest BCUT2D eigenvalue weighted by atomic mass is 10.1. The summed E-state index contributed by atoms with van der Waals surface area (Å²) in [5.41, 5.74) is 2.35. The molecule has 4 aromatic rings. The number of nitrogens with one attached hydrogen (secondary N) is 2. The summed E-state index contributed by atoms with van der Waals surface area (Å²) < 4.78 is 5.20. The molecular weight excluding hydrogens is 515 g/mol. The molecule has 0 saturated carbocycles. The third kappa shape index (κ3) is 6.40. The minimum Gasteiger partial charge on any atom is -0.497 e. The van der Waals surface area contributed by atoms with Crippen molar-refractivity contribution in [1.82, 2.24) is 0 Å². The zero-order valence-corrected chi connectivity index (χ0v) is 21.5. The highest BCUT2D eigenvalue weighted by atomic mass is 35.5. The third-order valence-corrected chi connectivity index (χ3v) is 7.29. The Morgan fingerprint density at radius 2 is 1.58 bits per heavy atom. The Balaban J connectivity index is 1.55. The molecule has 0 heterocycles. The van der Waals surface area contributed by atoms with Crippen LogP contribution in [-0.4, -0.2) is 18.9 Å². The van der Waals surface area contributed by atoms with Gasteiger partial charge in [-0.1, -0.05) is 71.7 Å². The minimum absolute atomic E-state index is 0.249. The minimum atomic E-state index is -0.578. The van der Waals surface area contributed by atoms with Gasteiger partial charge in [0.1, 0.15) is 11.0 Å². The van der Waals surface area contributed by atoms with E-state index in [0.717, 1.165) is 10.5 Å². The first-order chi connectivity index (χ1) is 17.4. The van der Waals surface area contributed by atoms with Crippen LogP contribution < -0.4 is 15.4 Å². The Morgan fingerprint density at radius 3 is 2.36 bits per heavy atom. The number of amides is 2. The average Bonchev–Trinajstić information content (AvgIpc) is 2.90. The van der Waals surface area contributed by atoms with E-state index in [2.05, 4.69) is 10.6 Å². The van der Waals surface area contributed by atoms with Crippen LogP contribution in [0.1, 0.15) is 21.2 Å². The van der Waals surface area contributed by atoms with Crippen LogP contribution in [-0.2, 0) is 4.79 Å². The second-order valence-corrected chi connectivity index (χ2v) is 9.68. The summed E-state index contributed by atoms with van der Waals surface area (Å²) in [5.74, 6) is 0.0914. The van der Waals surface area contributed by atoms with Gasteiger partial charge in [0.2, 0.25) is 5.91 Å². The van der Waals surface area contributed by atoms with Gasteiger partial charge in [-0.05, 0) is 54.1 Å². The molecule has 5 nitrogen and oxygen atoms in total. The molecule has 0 aliphatic heterocycles. The second kappa shape index (κ2) is 12.0. The summed E-state index contributed by atoms with van der Waals surface area (Å²) in [7, 11) is 1.55. The molecule has 1 unspecified atom stereocenters. The van der Waals surface area contributed by atoms with Crippen molar-refractivity contribution in [3.63, 3.8) is 0 Å². The summed E-state index contributed by atoms with van der Waals surface area (Å²) in [6.45, 7) is 0. The highest BCUT2D eigenvalue weighted by Gasteiger charge is 2.23. The maximum absolute atomic E-state index is 13.4. The molecule has 8 heteroatoms. The average molecular weight is 537 g/mol. The molecule has 4 rings (SSSR count). The van der Waals surface area contributed by atoms with Crippen molar-refractivity contribution in [2.75, 3.05) is 17.7 Å². The summed E-state index contributed by atoms with van der Waals surface area (Å²) in [5, 5.41) is 5.86. The predicted octanol–water partition coefficient (Wildman–Crippen LogP) is 7.73. The van der Waals surface area contributed by atoms with Gasteiger partial charge in [0.15, 0.2) is 0 Å². The lowest BCUT2D eigenvalue weighted by Gasteiger charge is -2.18. The van der Waals surface area contributed by atoms with Crippen LogP contribution >= 0.6 is 35.0 Å². The topological polar surface area (TPSA) is 67.4 Å². The van der Waals surface area contributed by atoms with E-state index in [9.17, 15) is 9.59 Å². The Kier molecular flexibility index (Phi) is 8.54. The third-order valence-electron chi connectivity index (χ3n) is 5.23. The zero-order valence-electron chi connectivity index (χ0n) is 19.2. The molecule has 2 amide bonds. The summed E-state index contributed by atoms with van der Waals surface area (Å²) in [4.78, 5) is 26.9. The fraction of sp³-hybridized carbons (Fsp3) is 0.0714. The Bertz CT molecular complexity index is 1380. The molecule has 0 aliphatic rings. The van der Waals surface area contributed by atoms with Gasteiger partial charge in [-0.3, -0.25) is 9.59 Å². The Labute approximate surface area is 223 Å². The van der Waals surface area contributed by atoms with E-state index in [1.165, 1.54) is 11.8 Å². The van der Waals surface area contributed by atoms with E-state index in [1.807, 2.05) is 48.5 Å². The van der Waals surface area contributed by atoms with Crippen LogP contribution in [0.15, 0.2) is 102 Å². The molecule has 0 spiro atoms. The summed E-state index contributed by atoms with van der Waals surface area (Å²) in [6, 6.07) is 28.8. The molecule has 0 aliphatic carbocycles. The first kappa shape index (κ1) is 25.6. The molecule has 4 aromatic carbocycles. The first-order valence-electron chi connectivity index (χ1n) is 11.0. The molecule has 0 aromatic heterocycles. The molecule has 0 radical (unpaired) electrons. The second-order valence-electron chi connectivity index (χ2n) is 7.71. The van der Waals surface area contributed by atoms with Crippen LogP contribution in [0, 0.1) is 0 Å². The summed E-state index contributed by atoms with van der Waals surface area (Å²) >= 11 is 13.8. The highest BCUT2D eigenvalue weighted by molar-refractivity contribution is 8.00. The molecular formula is C28H22Cl2N2O3S. The van der Waals surface area contributed by atoms with Gasteiger partial charge in [0.25, 0.3) is 5.91 Å². The van der Waals surface area contributed by atoms with E-state index < -0.39 is 5.25 Å². The number of ether oxygens (including phenoxy) is 1. The van der Waals surface area contributed by atoms with Crippen LogP contribution in [0.3, 0.4) is 0 Å². The molecule has 36 heavy (non-hydrogen) atoms. The monoisotopic (exact) mass is 536 g/mol. The van der Waals surface area contributed by atoms with E-state index in [4.69, 9.17) is 27.9 Å². The van der Waals surface area contributed by atoms with Crippen molar-refractivity contribution >= 4 is 58.2 Å². The quantitative estimate of drug-likeness (QED) is 0.226. The van der Waals surface area contributed by atoms with Crippen LogP contribution in [0.4, 0.5) is 11.4 Å². The van der Waals surface area contributed by atoms with Crippen molar-refractivity contribution < 1.29 is 14.3 Å². The van der Waals surface area contributed by atoms with Gasteiger partial charge < -0.3 is 15.4 Å². The maximum Gasteiger partial charge on any atom is 0.255 e. The SMILES string of the molecule is COc1cccc(C(=O)Nc2cccc(SC(C(=O)Nc3cccc(Cl)c3Cl)c3ccccc3)c2)c1. The van der Waals surface area contributed by atoms with Crippen molar-refractivity contribution in [1.29, 1.82) is 0 Å². The van der Waals surface area contributed by atoms with Gasteiger partial charge in [-0.2, -0.15) is 0 Å². The van der Waals surface area contributed by atoms with Crippen molar-refractivity contribution in [2.24, 2.45) is 0 Å². The predicted molar refractivity (Wildman–Crippen MR) is 148 cm³/mol. The van der Waals surface area contributed by atoms with E-state index in [-0.39, 0.29) is 16.8 Å². The summed E-state index contributed by atoms with van der Waals surface area (Å²) in [6.07, 6.45) is 0. The smallest absolute Gasteiger partial charge is 0.255 e. The Morgan fingerprint density at radius 1 is 0.833 bits per heavy atom. The number of anilines is 2. The van der Waals surface area contributed by atoms with Crippen LogP contribution in [0.2, 0.25) is 10.0 Å². The number of methoxy groups -OCH3 is 1. The van der Waals surface area contributed by atoms with Crippen molar-refractivity contribution in [2.45, 2.75) is 10.1 Å². The first-order valence-corrected chi connectivity index (χ1v) is 12.6. The molecule has 0 fully saturated rings. The fourth-order valence-corrected chi connectivity index (χ4v) is 4.88. The number of thioether (sulfide) groups is 1. The number of benzene rings is 4. The number of rotatable bonds is 8. The maximum atomic E-state index is 13.4. The molecule has 0 saturated heterocycles. The normalized spacial score (nSPS) is 11.4. The van der Waals surface area contributed by atoms with Crippen molar-refractivity contribution in [3.05, 3.63) is 118 Å². The van der Waals surface area contributed by atoms with Gasteiger partial charge >= 0.3 is 0 Å². The number of hydrogen-bond acceptors (Lipinski definition) is 4. The van der Waals surface area contributed by atoms with E-state index in [1.54, 1.807) is 55.6 Å². The standard InChI is InChI=1S/C28H22Cl2N2O3S/c1-35-21-12-5-10-19(16-21)27(33)31-20-11-6-13-22(17-20)36-26(18-8-3-2-4-9-18)28(34)32-24-15-7-14-23(29)25(24)30/h2-17,26H,1H3,(H,31,33)(H,32,34). The van der Waals surface area contributed by atoms with Crippen molar-refractivity contribution in [3.8, 4) is 5.75 Å². The van der Waals surface area contributed by atoms with Gasteiger partial charge in [0.05, 0.1) is 22.8 Å². The lowest BCUT2D eigenvalue weighted by Crippen LogP contribution is -2.19. The highest BCUT2D eigenvalue weighted by Crippen LogP contribution is 2.38. The molecule has 2 N–H and O–H groups in total. The lowest BCUT2D eigenvalue weighted by molar-refractivity contribution is -0.115. The molecule has 182 valence electrons. The van der Waals surface area contributed by atoms with E-state index >= 15 is 0 Å². The van der Waals surface area contributed by atoms with Crippen LogP contribution in [0.5, 0.6) is 5.75 Å². The van der Waals surface area contributed by atoms with Crippen LogP contribution in [0.25, 0.3) is 0 Å². The van der Waals surface area contributed by atoms with Gasteiger partial charge in [-0.25, -0.2) is 0 Å². The number of carbonyl (C=O) groups is 2. The number of carbonyl (C=O) groups excluding carboxylic acids is 2.